The molecule has 1 atom stereocenters. The maximum absolute atomic E-state index is 9.74. The van der Waals surface area contributed by atoms with Gasteiger partial charge in [-0.2, -0.15) is 0 Å². The topological polar surface area (TPSA) is 83.5 Å². The second-order valence-corrected chi connectivity index (χ2v) is 1.50. The SMILES string of the molecule is NC(O)CCC(=O)O. The van der Waals surface area contributed by atoms with Crippen LogP contribution in [-0.4, -0.2) is 22.4 Å². The van der Waals surface area contributed by atoms with Crippen molar-refractivity contribution >= 4 is 5.97 Å². The largest absolute Gasteiger partial charge is 0.481 e. The standard InChI is InChI=1S/C4H9NO3/c5-3(6)1-2-4(7)8/h3,6H,1-2,5H2,(H,7,8). The van der Waals surface area contributed by atoms with E-state index in [-0.39, 0.29) is 12.8 Å². The molecule has 48 valence electrons. The van der Waals surface area contributed by atoms with E-state index in [9.17, 15) is 4.79 Å². The third-order valence-corrected chi connectivity index (χ3v) is 0.654. The third-order valence-electron chi connectivity index (χ3n) is 0.654. The molecule has 1 unspecified atom stereocenters. The fourth-order valence-corrected chi connectivity index (χ4v) is 0.271. The molecule has 0 saturated carbocycles. The highest BCUT2D eigenvalue weighted by atomic mass is 16.4. The van der Waals surface area contributed by atoms with Gasteiger partial charge in [-0.1, -0.05) is 0 Å². The molecular weight excluding hydrogens is 110 g/mol. The Kier molecular flexibility index (Phi) is 3.14. The van der Waals surface area contributed by atoms with Crippen LogP contribution in [0.1, 0.15) is 12.8 Å². The highest BCUT2D eigenvalue weighted by Gasteiger charge is 1.99. The van der Waals surface area contributed by atoms with E-state index in [4.69, 9.17) is 15.9 Å². The van der Waals surface area contributed by atoms with Crippen LogP contribution in [0.25, 0.3) is 0 Å². The lowest BCUT2D eigenvalue weighted by Crippen LogP contribution is -2.19. The first-order valence-electron chi connectivity index (χ1n) is 2.28. The molecule has 8 heavy (non-hydrogen) atoms. The van der Waals surface area contributed by atoms with Gasteiger partial charge in [0.2, 0.25) is 0 Å². The number of nitrogens with two attached hydrogens (primary N) is 1. The van der Waals surface area contributed by atoms with Crippen LogP contribution in [0.2, 0.25) is 0 Å². The summed E-state index contributed by atoms with van der Waals surface area (Å²) in [6.45, 7) is 0. The van der Waals surface area contributed by atoms with Gasteiger partial charge in [0, 0.05) is 6.42 Å². The first-order valence-corrected chi connectivity index (χ1v) is 2.28. The van der Waals surface area contributed by atoms with Crippen molar-refractivity contribution in [1.29, 1.82) is 0 Å². The van der Waals surface area contributed by atoms with Gasteiger partial charge in [0.1, 0.15) is 6.23 Å². The lowest BCUT2D eigenvalue weighted by molar-refractivity contribution is -0.137. The highest BCUT2D eigenvalue weighted by Crippen LogP contribution is 1.88. The molecule has 0 rings (SSSR count). The zero-order valence-corrected chi connectivity index (χ0v) is 4.37. The second kappa shape index (κ2) is 3.40. The molecule has 0 heterocycles. The first kappa shape index (κ1) is 7.39. The Labute approximate surface area is 46.9 Å². The van der Waals surface area contributed by atoms with Crippen molar-refractivity contribution in [1.82, 2.24) is 0 Å². The second-order valence-electron chi connectivity index (χ2n) is 1.50. The number of carbonyl (C=O) groups is 1. The molecule has 0 aliphatic carbocycles. The minimum absolute atomic E-state index is 0.0718. The molecule has 0 fully saturated rings. The van der Waals surface area contributed by atoms with Crippen molar-refractivity contribution in [3.8, 4) is 0 Å². The number of rotatable bonds is 3. The lowest BCUT2D eigenvalue weighted by atomic mass is 10.3. The normalized spacial score (nSPS) is 13.2. The number of aliphatic hydroxyl groups is 1. The molecule has 4 nitrogen and oxygen atoms in total. The highest BCUT2D eigenvalue weighted by molar-refractivity contribution is 5.66. The third kappa shape index (κ3) is 5.39. The van der Waals surface area contributed by atoms with E-state index < -0.39 is 12.2 Å². The Morgan fingerprint density at radius 1 is 1.75 bits per heavy atom. The van der Waals surface area contributed by atoms with Crippen LogP contribution in [0.4, 0.5) is 0 Å². The maximum atomic E-state index is 9.74. The van der Waals surface area contributed by atoms with Crippen LogP contribution in [0.3, 0.4) is 0 Å². The Balaban J connectivity index is 3.05. The van der Waals surface area contributed by atoms with Crippen LogP contribution in [-0.2, 0) is 4.79 Å². The van der Waals surface area contributed by atoms with Crippen molar-refractivity contribution in [2.45, 2.75) is 19.1 Å². The van der Waals surface area contributed by atoms with Crippen LogP contribution in [0.15, 0.2) is 0 Å². The van der Waals surface area contributed by atoms with Crippen molar-refractivity contribution in [2.75, 3.05) is 0 Å². The van der Waals surface area contributed by atoms with Gasteiger partial charge in [-0.15, -0.1) is 0 Å². The van der Waals surface area contributed by atoms with Crippen LogP contribution in [0.5, 0.6) is 0 Å². The van der Waals surface area contributed by atoms with Gasteiger partial charge in [0.25, 0.3) is 0 Å². The molecule has 0 radical (unpaired) electrons. The lowest BCUT2D eigenvalue weighted by Gasteiger charge is -1.97. The van der Waals surface area contributed by atoms with Crippen molar-refractivity contribution in [3.05, 3.63) is 0 Å². The van der Waals surface area contributed by atoms with Crippen LogP contribution >= 0.6 is 0 Å². The summed E-state index contributed by atoms with van der Waals surface area (Å²) < 4.78 is 0. The predicted molar refractivity (Wildman–Crippen MR) is 27.1 cm³/mol. The molecule has 0 bridgehead atoms. The zero-order chi connectivity index (χ0) is 6.57. The van der Waals surface area contributed by atoms with Gasteiger partial charge in [-0.05, 0) is 6.42 Å². The average Bonchev–Trinajstić information content (AvgIpc) is 1.61. The summed E-state index contributed by atoms with van der Waals surface area (Å²) >= 11 is 0. The summed E-state index contributed by atoms with van der Waals surface area (Å²) in [6.07, 6.45) is -0.946. The molecule has 4 heteroatoms. The van der Waals surface area contributed by atoms with Gasteiger partial charge in [0.05, 0.1) is 0 Å². The molecule has 0 aromatic rings. The van der Waals surface area contributed by atoms with Crippen molar-refractivity contribution < 1.29 is 15.0 Å². The predicted octanol–water partition coefficient (Wildman–Crippen LogP) is -0.872. The zero-order valence-electron chi connectivity index (χ0n) is 4.37. The van der Waals surface area contributed by atoms with E-state index in [1.54, 1.807) is 0 Å². The molecule has 0 aliphatic heterocycles. The minimum atomic E-state index is -0.994. The molecular formula is C4H9NO3. The molecule has 0 aliphatic rings. The van der Waals surface area contributed by atoms with E-state index in [0.717, 1.165) is 0 Å². The summed E-state index contributed by atoms with van der Waals surface area (Å²) in [6, 6.07) is 0. The average molecular weight is 119 g/mol. The van der Waals surface area contributed by atoms with Gasteiger partial charge in [-0.25, -0.2) is 0 Å². The number of carboxylic acids is 1. The van der Waals surface area contributed by atoms with E-state index in [0.29, 0.717) is 0 Å². The number of aliphatic hydroxyl groups excluding tert-OH is 1. The van der Waals surface area contributed by atoms with E-state index in [2.05, 4.69) is 0 Å². The van der Waals surface area contributed by atoms with E-state index in [1.807, 2.05) is 0 Å². The molecule has 4 N–H and O–H groups in total. The van der Waals surface area contributed by atoms with E-state index in [1.165, 1.54) is 0 Å². The van der Waals surface area contributed by atoms with Crippen LogP contribution in [0, 0.1) is 0 Å². The van der Waals surface area contributed by atoms with Gasteiger partial charge in [-0.3, -0.25) is 4.79 Å². The van der Waals surface area contributed by atoms with Crippen LogP contribution < -0.4 is 5.73 Å². The molecule has 0 aromatic heterocycles. The smallest absolute Gasteiger partial charge is 0.303 e. The summed E-state index contributed by atoms with van der Waals surface area (Å²) in [7, 11) is 0. The first-order chi connectivity index (χ1) is 3.63. The molecule has 0 saturated heterocycles. The Hall–Kier alpha value is -0.610. The monoisotopic (exact) mass is 119 g/mol. The van der Waals surface area contributed by atoms with Crippen molar-refractivity contribution in [3.63, 3.8) is 0 Å². The number of aliphatic carboxylic acids is 1. The fraction of sp³-hybridized carbons (Fsp3) is 0.750. The van der Waals surface area contributed by atoms with E-state index >= 15 is 0 Å². The summed E-state index contributed by atoms with van der Waals surface area (Å²) in [5.74, 6) is -0.936. The quantitative estimate of drug-likeness (QED) is 0.421. The maximum Gasteiger partial charge on any atom is 0.303 e. The van der Waals surface area contributed by atoms with Gasteiger partial charge in [0.15, 0.2) is 0 Å². The Morgan fingerprint density at radius 2 is 2.25 bits per heavy atom. The van der Waals surface area contributed by atoms with Gasteiger partial charge < -0.3 is 15.9 Å². The number of hydrogen-bond acceptors (Lipinski definition) is 3. The molecule has 0 amide bonds. The summed E-state index contributed by atoms with van der Waals surface area (Å²) in [5, 5.41) is 16.3. The summed E-state index contributed by atoms with van der Waals surface area (Å²) in [5.41, 5.74) is 4.83. The number of carboxylic acid groups (broad SMARTS) is 1. The minimum Gasteiger partial charge on any atom is -0.481 e. The number of hydrogen-bond donors (Lipinski definition) is 3. The Morgan fingerprint density at radius 3 is 2.38 bits per heavy atom. The fourth-order valence-electron chi connectivity index (χ4n) is 0.271. The molecule has 0 aromatic carbocycles. The van der Waals surface area contributed by atoms with Crippen molar-refractivity contribution in [2.24, 2.45) is 5.73 Å². The summed E-state index contributed by atoms with van der Waals surface area (Å²) in [4.78, 5) is 9.74. The van der Waals surface area contributed by atoms with Gasteiger partial charge >= 0.3 is 5.97 Å². The molecule has 0 spiro atoms. The Bertz CT molecular complexity index is 81.4.